The summed E-state index contributed by atoms with van der Waals surface area (Å²) in [7, 11) is 0. The summed E-state index contributed by atoms with van der Waals surface area (Å²) in [6, 6.07) is 7.81. The normalized spacial score (nSPS) is 15.3. The van der Waals surface area contributed by atoms with E-state index < -0.39 is 0 Å². The summed E-state index contributed by atoms with van der Waals surface area (Å²) in [6.45, 7) is 7.25. The van der Waals surface area contributed by atoms with Gasteiger partial charge in [-0.05, 0) is 44.2 Å². The van der Waals surface area contributed by atoms with Gasteiger partial charge in [-0.3, -0.25) is 4.79 Å². The van der Waals surface area contributed by atoms with E-state index in [-0.39, 0.29) is 5.78 Å². The van der Waals surface area contributed by atoms with Crippen LogP contribution in [0, 0.1) is 0 Å². The quantitative estimate of drug-likeness (QED) is 0.605. The first-order chi connectivity index (χ1) is 8.66. The number of ether oxygens (including phenoxy) is 1. The van der Waals surface area contributed by atoms with Crippen LogP contribution >= 0.6 is 0 Å². The van der Waals surface area contributed by atoms with Crippen LogP contribution in [-0.2, 0) is 4.74 Å². The third-order valence-corrected chi connectivity index (χ3v) is 2.95. The smallest absolute Gasteiger partial charge is 0.185 e. The van der Waals surface area contributed by atoms with E-state index in [1.807, 2.05) is 38.1 Å². The molecule has 3 heteroatoms. The number of rotatable bonds is 3. The molecule has 1 aromatic rings. The molecule has 3 nitrogen and oxygen atoms in total. The van der Waals surface area contributed by atoms with Crippen LogP contribution in [0.2, 0.25) is 0 Å². The van der Waals surface area contributed by atoms with Gasteiger partial charge in [-0.1, -0.05) is 5.57 Å². The predicted octanol–water partition coefficient (Wildman–Crippen LogP) is 2.67. The maximum Gasteiger partial charge on any atom is 0.185 e. The van der Waals surface area contributed by atoms with Crippen LogP contribution < -0.4 is 4.90 Å². The Morgan fingerprint density at radius 3 is 2.33 bits per heavy atom. The van der Waals surface area contributed by atoms with Gasteiger partial charge in [0.15, 0.2) is 5.78 Å². The van der Waals surface area contributed by atoms with E-state index >= 15 is 0 Å². The average Bonchev–Trinajstić information content (AvgIpc) is 2.39. The highest BCUT2D eigenvalue weighted by molar-refractivity contribution is 6.05. The fourth-order valence-electron chi connectivity index (χ4n) is 2.00. The summed E-state index contributed by atoms with van der Waals surface area (Å²) in [5, 5.41) is 0. The van der Waals surface area contributed by atoms with Gasteiger partial charge in [-0.25, -0.2) is 0 Å². The number of hydrogen-bond acceptors (Lipinski definition) is 3. The number of nitrogens with zero attached hydrogens (tertiary/aromatic N) is 1. The summed E-state index contributed by atoms with van der Waals surface area (Å²) < 4.78 is 5.32. The fourth-order valence-corrected chi connectivity index (χ4v) is 2.00. The molecule has 0 aliphatic carbocycles. The van der Waals surface area contributed by atoms with Gasteiger partial charge in [0.25, 0.3) is 0 Å². The van der Waals surface area contributed by atoms with Gasteiger partial charge in [0.05, 0.1) is 13.2 Å². The molecule has 0 N–H and O–H groups in total. The van der Waals surface area contributed by atoms with E-state index in [2.05, 4.69) is 4.90 Å². The molecule has 0 saturated carbocycles. The monoisotopic (exact) mass is 245 g/mol. The van der Waals surface area contributed by atoms with Gasteiger partial charge in [0.1, 0.15) is 0 Å². The van der Waals surface area contributed by atoms with Crippen LogP contribution in [0.25, 0.3) is 0 Å². The molecule has 1 aliphatic rings. The standard InChI is InChI=1S/C15H19NO2/c1-12(2)11-15(17)13-3-5-14(6-4-13)16-7-9-18-10-8-16/h3-6,11H,7-10H2,1-2H3. The van der Waals surface area contributed by atoms with Crippen molar-refractivity contribution < 1.29 is 9.53 Å². The predicted molar refractivity (Wildman–Crippen MR) is 73.2 cm³/mol. The van der Waals surface area contributed by atoms with Crippen molar-refractivity contribution in [2.75, 3.05) is 31.2 Å². The maximum absolute atomic E-state index is 11.8. The molecular weight excluding hydrogens is 226 g/mol. The highest BCUT2D eigenvalue weighted by Crippen LogP contribution is 2.17. The SMILES string of the molecule is CC(C)=CC(=O)c1ccc(N2CCOCC2)cc1. The molecule has 2 rings (SSSR count). The molecule has 1 heterocycles. The molecule has 0 unspecified atom stereocenters. The van der Waals surface area contributed by atoms with E-state index in [1.54, 1.807) is 6.08 Å². The average molecular weight is 245 g/mol. The van der Waals surface area contributed by atoms with E-state index in [4.69, 9.17) is 4.74 Å². The number of carbonyl (C=O) groups is 1. The molecule has 0 radical (unpaired) electrons. The minimum atomic E-state index is 0.0727. The lowest BCUT2D eigenvalue weighted by Crippen LogP contribution is -2.36. The molecule has 0 amide bonds. The summed E-state index contributed by atoms with van der Waals surface area (Å²) in [5.41, 5.74) is 2.93. The van der Waals surface area contributed by atoms with Crippen LogP contribution in [-0.4, -0.2) is 32.1 Å². The zero-order valence-electron chi connectivity index (χ0n) is 11.0. The zero-order valence-corrected chi connectivity index (χ0v) is 11.0. The Morgan fingerprint density at radius 2 is 1.78 bits per heavy atom. The van der Waals surface area contributed by atoms with Crippen LogP contribution in [0.1, 0.15) is 24.2 Å². The van der Waals surface area contributed by atoms with Gasteiger partial charge in [-0.15, -0.1) is 0 Å². The first kappa shape index (κ1) is 12.8. The molecule has 1 aliphatic heterocycles. The van der Waals surface area contributed by atoms with Crippen LogP contribution in [0.5, 0.6) is 0 Å². The van der Waals surface area contributed by atoms with Crippen molar-refractivity contribution in [1.29, 1.82) is 0 Å². The highest BCUT2D eigenvalue weighted by Gasteiger charge is 2.11. The minimum absolute atomic E-state index is 0.0727. The first-order valence-corrected chi connectivity index (χ1v) is 6.29. The minimum Gasteiger partial charge on any atom is -0.378 e. The molecule has 0 spiro atoms. The second kappa shape index (κ2) is 5.83. The van der Waals surface area contributed by atoms with E-state index in [0.717, 1.165) is 43.1 Å². The van der Waals surface area contributed by atoms with Crippen LogP contribution in [0.15, 0.2) is 35.9 Å². The summed E-state index contributed by atoms with van der Waals surface area (Å²) >= 11 is 0. The Labute approximate surface area is 108 Å². The summed E-state index contributed by atoms with van der Waals surface area (Å²) in [6.07, 6.45) is 1.67. The van der Waals surface area contributed by atoms with Crippen molar-refractivity contribution in [2.45, 2.75) is 13.8 Å². The largest absolute Gasteiger partial charge is 0.378 e. The molecule has 0 bridgehead atoms. The van der Waals surface area contributed by atoms with E-state index in [1.165, 1.54) is 0 Å². The summed E-state index contributed by atoms with van der Waals surface area (Å²) in [4.78, 5) is 14.1. The second-order valence-corrected chi connectivity index (χ2v) is 4.73. The van der Waals surface area contributed by atoms with Crippen molar-refractivity contribution in [3.8, 4) is 0 Å². The van der Waals surface area contributed by atoms with Crippen LogP contribution in [0.4, 0.5) is 5.69 Å². The Hall–Kier alpha value is -1.61. The summed E-state index contributed by atoms with van der Waals surface area (Å²) in [5.74, 6) is 0.0727. The number of carbonyl (C=O) groups excluding carboxylic acids is 1. The lowest BCUT2D eigenvalue weighted by atomic mass is 10.1. The maximum atomic E-state index is 11.8. The zero-order chi connectivity index (χ0) is 13.0. The van der Waals surface area contributed by atoms with Crippen molar-refractivity contribution in [1.82, 2.24) is 0 Å². The van der Waals surface area contributed by atoms with Crippen molar-refractivity contribution in [3.05, 3.63) is 41.5 Å². The Morgan fingerprint density at radius 1 is 1.17 bits per heavy atom. The number of hydrogen-bond donors (Lipinski definition) is 0. The molecular formula is C15H19NO2. The molecule has 1 fully saturated rings. The van der Waals surface area contributed by atoms with Gasteiger partial charge in [0.2, 0.25) is 0 Å². The molecule has 96 valence electrons. The Balaban J connectivity index is 2.09. The van der Waals surface area contributed by atoms with Gasteiger partial charge >= 0.3 is 0 Å². The Bertz CT molecular complexity index is 438. The number of ketones is 1. The van der Waals surface area contributed by atoms with Gasteiger partial charge < -0.3 is 9.64 Å². The highest BCUT2D eigenvalue weighted by atomic mass is 16.5. The number of benzene rings is 1. The second-order valence-electron chi connectivity index (χ2n) is 4.73. The molecule has 1 saturated heterocycles. The van der Waals surface area contributed by atoms with Crippen molar-refractivity contribution >= 4 is 11.5 Å². The van der Waals surface area contributed by atoms with Gasteiger partial charge in [0, 0.05) is 24.3 Å². The van der Waals surface area contributed by atoms with Crippen molar-refractivity contribution in [3.63, 3.8) is 0 Å². The third kappa shape index (κ3) is 3.20. The number of anilines is 1. The fraction of sp³-hybridized carbons (Fsp3) is 0.400. The van der Waals surface area contributed by atoms with Crippen molar-refractivity contribution in [2.24, 2.45) is 0 Å². The van der Waals surface area contributed by atoms with E-state index in [9.17, 15) is 4.79 Å². The lowest BCUT2D eigenvalue weighted by molar-refractivity contribution is 0.104. The first-order valence-electron chi connectivity index (χ1n) is 6.29. The molecule has 0 aromatic heterocycles. The van der Waals surface area contributed by atoms with Gasteiger partial charge in [-0.2, -0.15) is 0 Å². The van der Waals surface area contributed by atoms with E-state index in [0.29, 0.717) is 0 Å². The van der Waals surface area contributed by atoms with Crippen LogP contribution in [0.3, 0.4) is 0 Å². The molecule has 1 aromatic carbocycles. The topological polar surface area (TPSA) is 29.5 Å². The molecule has 18 heavy (non-hydrogen) atoms. The molecule has 0 atom stereocenters. The number of allylic oxidation sites excluding steroid dienone is 2. The lowest BCUT2D eigenvalue weighted by Gasteiger charge is -2.28. The third-order valence-electron chi connectivity index (χ3n) is 2.95. The number of morpholine rings is 1. The Kier molecular flexibility index (Phi) is 4.15.